The lowest BCUT2D eigenvalue weighted by Crippen LogP contribution is -2.57. The van der Waals surface area contributed by atoms with E-state index in [-0.39, 0.29) is 43.8 Å². The molecule has 0 radical (unpaired) electrons. The molecule has 1 fully saturated rings. The number of amides is 3. The molecule has 15 heteroatoms. The second kappa shape index (κ2) is 10.6. The molecule has 3 amide bonds. The molecule has 1 unspecified atom stereocenters. The average Bonchev–Trinajstić information content (AvgIpc) is 3.31. The van der Waals surface area contributed by atoms with Gasteiger partial charge in [0.1, 0.15) is 19.6 Å². The topological polar surface area (TPSA) is 79.3 Å². The van der Waals surface area contributed by atoms with Crippen LogP contribution in [-0.4, -0.2) is 65.2 Å². The molecule has 2 aliphatic heterocycles. The normalized spacial score (nSPS) is 20.1. The number of oxime groups is 1. The molecule has 0 aliphatic carbocycles. The number of rotatable bonds is 5. The maximum absolute atomic E-state index is 14.3. The van der Waals surface area contributed by atoms with Crippen LogP contribution < -0.4 is 0 Å². The Kier molecular flexibility index (Phi) is 7.85. The molecule has 0 bridgehead atoms. The van der Waals surface area contributed by atoms with Gasteiger partial charge in [-0.05, 0) is 47.9 Å². The van der Waals surface area contributed by atoms with Crippen molar-refractivity contribution in [3.8, 4) is 0 Å². The number of piperazine rings is 1. The van der Waals surface area contributed by atoms with Gasteiger partial charge in [-0.2, -0.15) is 26.3 Å². The van der Waals surface area contributed by atoms with E-state index >= 15 is 0 Å². The molecule has 214 valence electrons. The fourth-order valence-electron chi connectivity index (χ4n) is 4.48. The zero-order valence-electron chi connectivity index (χ0n) is 20.5. The van der Waals surface area contributed by atoms with Gasteiger partial charge in [0.15, 0.2) is 0 Å². The molecular formula is C25H19Cl2F6N3O4. The number of nitrogens with zero attached hydrogens (tertiary/aromatic N) is 3. The zero-order valence-corrected chi connectivity index (χ0v) is 22.0. The Morgan fingerprint density at radius 3 is 2.12 bits per heavy atom. The smallest absolute Gasteiger partial charge is 0.374 e. The summed E-state index contributed by atoms with van der Waals surface area (Å²) in [6.07, 6.45) is -10.2. The summed E-state index contributed by atoms with van der Waals surface area (Å²) in [7, 11) is 0. The summed E-state index contributed by atoms with van der Waals surface area (Å²) in [4.78, 5) is 43.4. The van der Waals surface area contributed by atoms with Gasteiger partial charge in [0.2, 0.25) is 11.8 Å². The monoisotopic (exact) mass is 609 g/mol. The fraction of sp³-hybridized carbons (Fsp3) is 0.360. The number of hydrogen-bond donors (Lipinski definition) is 0. The predicted octanol–water partition coefficient (Wildman–Crippen LogP) is 5.51. The molecule has 40 heavy (non-hydrogen) atoms. The van der Waals surface area contributed by atoms with Crippen molar-refractivity contribution in [2.45, 2.75) is 37.7 Å². The van der Waals surface area contributed by atoms with E-state index in [0.29, 0.717) is 5.56 Å². The van der Waals surface area contributed by atoms with Gasteiger partial charge in [-0.3, -0.25) is 19.3 Å². The average molecular weight is 610 g/mol. The van der Waals surface area contributed by atoms with E-state index in [1.54, 1.807) is 6.92 Å². The standard InChI is InChI=1S/C25H19Cl2F6N3O4/c1-2-13-5-14(19-9-23(40-34-19,25(31,32)33)15-6-16(26)8-17(27)7-15)3-4-18(13)22(39)35-10-20(37)36(21(38)11-35)12-24(28,29)30/h3-8H,2,9-12H2,1H3. The number of halogens is 8. The van der Waals surface area contributed by atoms with Gasteiger partial charge in [0.25, 0.3) is 11.5 Å². The highest BCUT2D eigenvalue weighted by Gasteiger charge is 2.62. The van der Waals surface area contributed by atoms with Crippen LogP contribution in [-0.2, 0) is 26.4 Å². The van der Waals surface area contributed by atoms with Crippen molar-refractivity contribution >= 4 is 46.6 Å². The quantitative estimate of drug-likeness (QED) is 0.331. The molecule has 0 N–H and O–H groups in total. The highest BCUT2D eigenvalue weighted by molar-refractivity contribution is 6.34. The summed E-state index contributed by atoms with van der Waals surface area (Å²) in [5, 5.41) is 3.62. The minimum absolute atomic E-state index is 0.0272. The van der Waals surface area contributed by atoms with Crippen LogP contribution in [0.3, 0.4) is 0 Å². The van der Waals surface area contributed by atoms with E-state index in [1.807, 2.05) is 0 Å². The third-order valence-electron chi connectivity index (χ3n) is 6.44. The highest BCUT2D eigenvalue weighted by Crippen LogP contribution is 2.49. The second-order valence-electron chi connectivity index (χ2n) is 9.16. The van der Waals surface area contributed by atoms with Crippen LogP contribution in [0.2, 0.25) is 10.0 Å². The Balaban J connectivity index is 1.59. The van der Waals surface area contributed by atoms with Gasteiger partial charge in [0.05, 0.1) is 5.71 Å². The minimum Gasteiger partial charge on any atom is -0.374 e. The Hall–Kier alpha value is -3.32. The van der Waals surface area contributed by atoms with Crippen LogP contribution in [0.1, 0.15) is 40.4 Å². The first-order valence-corrected chi connectivity index (χ1v) is 12.4. The molecule has 2 aromatic carbocycles. The van der Waals surface area contributed by atoms with Crippen molar-refractivity contribution in [3.63, 3.8) is 0 Å². The summed E-state index contributed by atoms with van der Waals surface area (Å²) in [6.45, 7) is -1.59. The molecule has 4 rings (SSSR count). The Bertz CT molecular complexity index is 1370. The van der Waals surface area contributed by atoms with Crippen molar-refractivity contribution in [2.75, 3.05) is 19.6 Å². The van der Waals surface area contributed by atoms with Gasteiger partial charge >= 0.3 is 12.4 Å². The van der Waals surface area contributed by atoms with E-state index in [4.69, 9.17) is 28.0 Å². The SMILES string of the molecule is CCc1cc(C2=NOC(c3cc(Cl)cc(Cl)c3)(C(F)(F)F)C2)ccc1C(=O)N1CC(=O)N(CC(F)(F)F)C(=O)C1. The van der Waals surface area contributed by atoms with E-state index in [0.717, 1.165) is 17.0 Å². The molecule has 2 aliphatic rings. The van der Waals surface area contributed by atoms with Crippen LogP contribution in [0.5, 0.6) is 0 Å². The minimum atomic E-state index is -4.91. The third kappa shape index (κ3) is 5.75. The Morgan fingerprint density at radius 2 is 1.60 bits per heavy atom. The lowest BCUT2D eigenvalue weighted by atomic mass is 9.86. The predicted molar refractivity (Wildman–Crippen MR) is 131 cm³/mol. The van der Waals surface area contributed by atoms with E-state index in [2.05, 4.69) is 5.16 Å². The van der Waals surface area contributed by atoms with Crippen molar-refractivity contribution < 1.29 is 45.6 Å². The van der Waals surface area contributed by atoms with Crippen molar-refractivity contribution in [3.05, 3.63) is 68.7 Å². The molecule has 7 nitrogen and oxygen atoms in total. The van der Waals surface area contributed by atoms with Crippen LogP contribution in [0, 0.1) is 0 Å². The van der Waals surface area contributed by atoms with Crippen LogP contribution in [0.15, 0.2) is 41.6 Å². The molecule has 1 atom stereocenters. The van der Waals surface area contributed by atoms with Crippen LogP contribution in [0.25, 0.3) is 0 Å². The maximum atomic E-state index is 14.3. The highest BCUT2D eigenvalue weighted by atomic mass is 35.5. The summed E-state index contributed by atoms with van der Waals surface area (Å²) in [5.41, 5.74) is -2.70. The number of carbonyl (C=O) groups is 3. The van der Waals surface area contributed by atoms with Crippen molar-refractivity contribution in [1.29, 1.82) is 0 Å². The number of benzene rings is 2. The lowest BCUT2D eigenvalue weighted by Gasteiger charge is -2.33. The molecular weight excluding hydrogens is 591 g/mol. The maximum Gasteiger partial charge on any atom is 0.435 e. The first kappa shape index (κ1) is 29.7. The number of imide groups is 1. The largest absolute Gasteiger partial charge is 0.435 e. The molecule has 0 spiro atoms. The Morgan fingerprint density at radius 1 is 1.00 bits per heavy atom. The van der Waals surface area contributed by atoms with E-state index < -0.39 is 61.7 Å². The van der Waals surface area contributed by atoms with Crippen molar-refractivity contribution in [1.82, 2.24) is 9.80 Å². The van der Waals surface area contributed by atoms with Gasteiger partial charge in [0, 0.05) is 27.6 Å². The molecule has 1 saturated heterocycles. The van der Waals surface area contributed by atoms with E-state index in [9.17, 15) is 40.7 Å². The fourth-order valence-corrected chi connectivity index (χ4v) is 5.01. The zero-order chi connectivity index (χ0) is 29.6. The third-order valence-corrected chi connectivity index (χ3v) is 6.88. The molecule has 0 saturated carbocycles. The molecule has 0 aromatic heterocycles. The number of carbonyl (C=O) groups excluding carboxylic acids is 3. The van der Waals surface area contributed by atoms with Gasteiger partial charge in [-0.1, -0.05) is 41.3 Å². The first-order chi connectivity index (χ1) is 18.5. The van der Waals surface area contributed by atoms with Gasteiger partial charge in [-0.25, -0.2) is 0 Å². The summed E-state index contributed by atoms with van der Waals surface area (Å²) >= 11 is 11.8. The van der Waals surface area contributed by atoms with Crippen LogP contribution in [0.4, 0.5) is 26.3 Å². The van der Waals surface area contributed by atoms with E-state index in [1.165, 1.54) is 24.3 Å². The lowest BCUT2D eigenvalue weighted by molar-refractivity contribution is -0.275. The Labute approximate surface area is 233 Å². The summed E-state index contributed by atoms with van der Waals surface area (Å²) in [6, 6.07) is 7.48. The summed E-state index contributed by atoms with van der Waals surface area (Å²) in [5.74, 6) is -3.16. The van der Waals surface area contributed by atoms with Crippen LogP contribution >= 0.6 is 23.2 Å². The first-order valence-electron chi connectivity index (χ1n) is 11.7. The molecule has 2 aromatic rings. The second-order valence-corrected chi connectivity index (χ2v) is 10.0. The number of aryl methyl sites for hydroxylation is 1. The summed E-state index contributed by atoms with van der Waals surface area (Å²) < 4.78 is 81.0. The molecule has 2 heterocycles. The van der Waals surface area contributed by atoms with Gasteiger partial charge < -0.3 is 9.74 Å². The number of hydrogen-bond acceptors (Lipinski definition) is 5. The van der Waals surface area contributed by atoms with Gasteiger partial charge in [-0.15, -0.1) is 0 Å². The number of alkyl halides is 6. The van der Waals surface area contributed by atoms with Crippen molar-refractivity contribution in [2.24, 2.45) is 5.16 Å².